The Hall–Kier alpha value is -1.97. The van der Waals surface area contributed by atoms with Crippen molar-refractivity contribution >= 4 is 12.0 Å². The molecule has 0 fully saturated rings. The van der Waals surface area contributed by atoms with Crippen LogP contribution in [-0.2, 0) is 4.79 Å². The van der Waals surface area contributed by atoms with E-state index in [-0.39, 0.29) is 11.5 Å². The van der Waals surface area contributed by atoms with Crippen molar-refractivity contribution in [2.75, 3.05) is 0 Å². The zero-order valence-electron chi connectivity index (χ0n) is 8.48. The number of carbonyl (C=O) groups is 1. The summed E-state index contributed by atoms with van der Waals surface area (Å²) < 4.78 is 0. The van der Waals surface area contributed by atoms with Crippen molar-refractivity contribution in [2.24, 2.45) is 0 Å². The molecule has 1 rings (SSSR count). The third-order valence-electron chi connectivity index (χ3n) is 2.16. The number of aryl methyl sites for hydroxylation is 1. The molecule has 1 aromatic carbocycles. The van der Waals surface area contributed by atoms with E-state index >= 15 is 0 Å². The highest BCUT2D eigenvalue weighted by atomic mass is 16.4. The lowest BCUT2D eigenvalue weighted by Crippen LogP contribution is -1.89. The Morgan fingerprint density at radius 2 is 1.87 bits per heavy atom. The Balaban J connectivity index is 3.26. The predicted molar refractivity (Wildman–Crippen MR) is 55.9 cm³/mol. The first-order valence-corrected chi connectivity index (χ1v) is 4.36. The van der Waals surface area contributed by atoms with Crippen LogP contribution in [0.3, 0.4) is 0 Å². The van der Waals surface area contributed by atoms with Gasteiger partial charge in [0.05, 0.1) is 0 Å². The summed E-state index contributed by atoms with van der Waals surface area (Å²) in [4.78, 5) is 10.3. The van der Waals surface area contributed by atoms with Gasteiger partial charge in [0.1, 0.15) is 0 Å². The molecule has 0 aromatic heterocycles. The fraction of sp³-hybridized carbons (Fsp3) is 0.182. The number of benzene rings is 1. The van der Waals surface area contributed by atoms with Gasteiger partial charge in [-0.1, -0.05) is 0 Å². The Labute approximate surface area is 87.1 Å². The summed E-state index contributed by atoms with van der Waals surface area (Å²) in [5.74, 6) is -1.43. The van der Waals surface area contributed by atoms with Crippen molar-refractivity contribution in [1.82, 2.24) is 0 Å². The van der Waals surface area contributed by atoms with Crippen LogP contribution >= 0.6 is 0 Å². The lowest BCUT2D eigenvalue weighted by atomic mass is 10.0. The summed E-state index contributed by atoms with van der Waals surface area (Å²) in [6.45, 7) is 3.24. The quantitative estimate of drug-likeness (QED) is 0.511. The fourth-order valence-corrected chi connectivity index (χ4v) is 1.25. The second-order valence-corrected chi connectivity index (χ2v) is 3.28. The highest BCUT2D eigenvalue weighted by Crippen LogP contribution is 2.34. The molecule has 4 heteroatoms. The van der Waals surface area contributed by atoms with Crippen LogP contribution in [-0.4, -0.2) is 21.3 Å². The molecule has 0 saturated carbocycles. The van der Waals surface area contributed by atoms with E-state index in [2.05, 4.69) is 0 Å². The monoisotopic (exact) mass is 208 g/mol. The molecule has 3 N–H and O–H groups in total. The topological polar surface area (TPSA) is 77.8 Å². The van der Waals surface area contributed by atoms with Crippen molar-refractivity contribution in [1.29, 1.82) is 0 Å². The molecular weight excluding hydrogens is 196 g/mol. The standard InChI is InChI=1S/C11H12O4/c1-6-5-8(3-4-9(12)13)7(2)11(15)10(6)14/h3-5,14-15H,1-2H3,(H,12,13)/b4-3+. The molecule has 4 nitrogen and oxygen atoms in total. The van der Waals surface area contributed by atoms with Crippen molar-refractivity contribution in [3.63, 3.8) is 0 Å². The molecule has 0 atom stereocenters. The van der Waals surface area contributed by atoms with Crippen LogP contribution in [0, 0.1) is 13.8 Å². The second kappa shape index (κ2) is 4.04. The Morgan fingerprint density at radius 1 is 1.27 bits per heavy atom. The SMILES string of the molecule is Cc1cc(/C=C/C(=O)O)c(C)c(O)c1O. The van der Waals surface area contributed by atoms with E-state index in [0.717, 1.165) is 6.08 Å². The summed E-state index contributed by atoms with van der Waals surface area (Å²) in [5.41, 5.74) is 1.53. The molecule has 0 aliphatic rings. The van der Waals surface area contributed by atoms with Gasteiger partial charge >= 0.3 is 5.97 Å². The van der Waals surface area contributed by atoms with Crippen LogP contribution in [0.2, 0.25) is 0 Å². The normalized spacial score (nSPS) is 10.8. The number of hydrogen-bond acceptors (Lipinski definition) is 3. The van der Waals surface area contributed by atoms with Gasteiger partial charge in [0.2, 0.25) is 0 Å². The van der Waals surface area contributed by atoms with E-state index in [1.165, 1.54) is 6.08 Å². The Morgan fingerprint density at radius 3 is 2.40 bits per heavy atom. The number of phenols is 2. The molecule has 1 aromatic rings. The minimum absolute atomic E-state index is 0.167. The summed E-state index contributed by atoms with van der Waals surface area (Å²) in [5, 5.41) is 27.4. The number of carboxylic acids is 1. The third kappa shape index (κ3) is 2.28. The Kier molecular flexibility index (Phi) is 2.99. The third-order valence-corrected chi connectivity index (χ3v) is 2.16. The van der Waals surface area contributed by atoms with Gasteiger partial charge in [-0.25, -0.2) is 4.79 Å². The van der Waals surface area contributed by atoms with Gasteiger partial charge in [0, 0.05) is 11.6 Å². The summed E-state index contributed by atoms with van der Waals surface area (Å²) in [7, 11) is 0. The molecule has 0 unspecified atom stereocenters. The van der Waals surface area contributed by atoms with Crippen molar-refractivity contribution in [3.8, 4) is 11.5 Å². The Bertz CT molecular complexity index is 433. The average Bonchev–Trinajstić information content (AvgIpc) is 2.18. The fourth-order valence-electron chi connectivity index (χ4n) is 1.25. The van der Waals surface area contributed by atoms with Crippen LogP contribution < -0.4 is 0 Å². The van der Waals surface area contributed by atoms with Crippen LogP contribution in [0.4, 0.5) is 0 Å². The molecule has 0 heterocycles. The van der Waals surface area contributed by atoms with Crippen LogP contribution in [0.5, 0.6) is 11.5 Å². The maximum absolute atomic E-state index is 10.3. The highest BCUT2D eigenvalue weighted by molar-refractivity contribution is 5.86. The lowest BCUT2D eigenvalue weighted by molar-refractivity contribution is -0.131. The van der Waals surface area contributed by atoms with Gasteiger partial charge < -0.3 is 15.3 Å². The maximum atomic E-state index is 10.3. The summed E-state index contributed by atoms with van der Waals surface area (Å²) >= 11 is 0. The van der Waals surface area contributed by atoms with E-state index in [1.54, 1.807) is 19.9 Å². The molecule has 15 heavy (non-hydrogen) atoms. The molecule has 0 aliphatic carbocycles. The highest BCUT2D eigenvalue weighted by Gasteiger charge is 2.09. The van der Waals surface area contributed by atoms with Crippen molar-refractivity contribution in [2.45, 2.75) is 13.8 Å². The molecule has 80 valence electrons. The number of phenolic OH excluding ortho intramolecular Hbond substituents is 2. The second-order valence-electron chi connectivity index (χ2n) is 3.28. The van der Waals surface area contributed by atoms with Gasteiger partial charge in [-0.05, 0) is 37.1 Å². The first-order chi connectivity index (χ1) is 6.93. The average molecular weight is 208 g/mol. The van der Waals surface area contributed by atoms with Crippen LogP contribution in [0.25, 0.3) is 6.08 Å². The largest absolute Gasteiger partial charge is 0.504 e. The first-order valence-electron chi connectivity index (χ1n) is 4.36. The number of hydrogen-bond donors (Lipinski definition) is 3. The molecule has 0 aliphatic heterocycles. The molecule has 0 bridgehead atoms. The van der Waals surface area contributed by atoms with E-state index in [0.29, 0.717) is 16.7 Å². The van der Waals surface area contributed by atoms with E-state index in [1.807, 2.05) is 0 Å². The lowest BCUT2D eigenvalue weighted by Gasteiger charge is -2.08. The number of aromatic hydroxyl groups is 2. The predicted octanol–water partition coefficient (Wildman–Crippen LogP) is 1.81. The smallest absolute Gasteiger partial charge is 0.328 e. The maximum Gasteiger partial charge on any atom is 0.328 e. The molecular formula is C11H12O4. The molecule has 0 saturated heterocycles. The van der Waals surface area contributed by atoms with E-state index in [9.17, 15) is 15.0 Å². The van der Waals surface area contributed by atoms with Gasteiger partial charge in [-0.15, -0.1) is 0 Å². The zero-order chi connectivity index (χ0) is 11.6. The van der Waals surface area contributed by atoms with Gasteiger partial charge in [0.25, 0.3) is 0 Å². The van der Waals surface area contributed by atoms with Crippen LogP contribution in [0.1, 0.15) is 16.7 Å². The van der Waals surface area contributed by atoms with E-state index < -0.39 is 5.97 Å². The van der Waals surface area contributed by atoms with Crippen molar-refractivity contribution in [3.05, 3.63) is 28.8 Å². The van der Waals surface area contributed by atoms with E-state index in [4.69, 9.17) is 5.11 Å². The molecule has 0 radical (unpaired) electrons. The summed E-state index contributed by atoms with van der Waals surface area (Å²) in [6.07, 6.45) is 2.36. The van der Waals surface area contributed by atoms with Gasteiger partial charge in [-0.2, -0.15) is 0 Å². The zero-order valence-corrected chi connectivity index (χ0v) is 8.48. The van der Waals surface area contributed by atoms with Crippen molar-refractivity contribution < 1.29 is 20.1 Å². The number of rotatable bonds is 2. The van der Waals surface area contributed by atoms with Gasteiger partial charge in [-0.3, -0.25) is 0 Å². The molecule has 0 amide bonds. The number of aliphatic carboxylic acids is 1. The minimum Gasteiger partial charge on any atom is -0.504 e. The minimum atomic E-state index is -1.06. The first kappa shape index (κ1) is 11.1. The van der Waals surface area contributed by atoms with Crippen LogP contribution in [0.15, 0.2) is 12.1 Å². The number of carboxylic acid groups (broad SMARTS) is 1. The van der Waals surface area contributed by atoms with Gasteiger partial charge in [0.15, 0.2) is 11.5 Å². The summed E-state index contributed by atoms with van der Waals surface area (Å²) in [6, 6.07) is 1.61. The molecule has 0 spiro atoms.